The maximum Gasteiger partial charge on any atom is 0.455 e. The highest BCUT2D eigenvalue weighted by atomic mass is 16.5. The van der Waals surface area contributed by atoms with Crippen LogP contribution in [0.1, 0.15) is 76.4 Å². The van der Waals surface area contributed by atoms with Crippen molar-refractivity contribution in [2.45, 2.75) is 65.3 Å². The van der Waals surface area contributed by atoms with Gasteiger partial charge in [-0.1, -0.05) is 67.5 Å². The molecule has 45 heavy (non-hydrogen) atoms. The van der Waals surface area contributed by atoms with Crippen molar-refractivity contribution in [3.05, 3.63) is 111 Å². The quantitative estimate of drug-likeness (QED) is 0.194. The van der Waals surface area contributed by atoms with Crippen LogP contribution in [-0.2, 0) is 4.65 Å². The molecule has 1 fully saturated rings. The molecule has 1 heterocycles. The fraction of sp³-hybridized carbons (Fsp3) is 0.368. The Balaban J connectivity index is 1.35. The number of benzene rings is 3. The van der Waals surface area contributed by atoms with Crippen molar-refractivity contribution in [3.8, 4) is 11.5 Å². The van der Waals surface area contributed by atoms with Gasteiger partial charge in [-0.25, -0.2) is 0 Å². The van der Waals surface area contributed by atoms with Crippen LogP contribution in [0.25, 0.3) is 6.08 Å². The van der Waals surface area contributed by atoms with Gasteiger partial charge in [-0.05, 0) is 104 Å². The largest absolute Gasteiger partial charge is 0.507 e. The molecule has 6 nitrogen and oxygen atoms in total. The lowest BCUT2D eigenvalue weighted by atomic mass is 9.54. The molecular formula is C38H41BO6. The van der Waals surface area contributed by atoms with Crippen molar-refractivity contribution < 1.29 is 29.1 Å². The minimum atomic E-state index is -1.03. The van der Waals surface area contributed by atoms with Crippen LogP contribution in [0.15, 0.2) is 83.4 Å². The fourth-order valence-corrected chi connectivity index (χ4v) is 7.70. The first-order valence-electron chi connectivity index (χ1n) is 16.2. The summed E-state index contributed by atoms with van der Waals surface area (Å²) in [6, 6.07) is 20.7. The molecule has 0 amide bonds. The number of phenols is 1. The summed E-state index contributed by atoms with van der Waals surface area (Å²) in [7, 11) is -1.03. The first-order valence-corrected chi connectivity index (χ1v) is 16.2. The van der Waals surface area contributed by atoms with Gasteiger partial charge in [0.1, 0.15) is 18.1 Å². The zero-order chi connectivity index (χ0) is 31.7. The molecule has 1 aliphatic heterocycles. The van der Waals surface area contributed by atoms with E-state index in [2.05, 4.69) is 13.0 Å². The van der Waals surface area contributed by atoms with E-state index in [1.807, 2.05) is 68.4 Å². The highest BCUT2D eigenvalue weighted by molar-refractivity contribution is 6.43. The molecule has 0 saturated carbocycles. The average Bonchev–Trinajstić information content (AvgIpc) is 3.04. The van der Waals surface area contributed by atoms with E-state index < -0.39 is 25.1 Å². The molecule has 0 bridgehead atoms. The topological polar surface area (TPSA) is 93.1 Å². The van der Waals surface area contributed by atoms with Crippen molar-refractivity contribution >= 4 is 24.8 Å². The van der Waals surface area contributed by atoms with Gasteiger partial charge >= 0.3 is 7.12 Å². The van der Waals surface area contributed by atoms with Crippen molar-refractivity contribution in [2.75, 3.05) is 6.61 Å². The Labute approximate surface area is 265 Å². The number of rotatable bonds is 9. The molecular weight excluding hydrogens is 563 g/mol. The van der Waals surface area contributed by atoms with E-state index in [0.29, 0.717) is 36.3 Å². The lowest BCUT2D eigenvalue weighted by Crippen LogP contribution is -2.51. The minimum Gasteiger partial charge on any atom is -0.507 e. The molecule has 0 aromatic heterocycles. The van der Waals surface area contributed by atoms with Gasteiger partial charge in [-0.3, -0.25) is 9.59 Å². The number of aryl methyl sites for hydroxylation is 2. The van der Waals surface area contributed by atoms with Crippen LogP contribution in [0.4, 0.5) is 0 Å². The lowest BCUT2D eigenvalue weighted by molar-refractivity contribution is 0.0592. The molecule has 232 valence electrons. The summed E-state index contributed by atoms with van der Waals surface area (Å²) in [6.45, 7) is 6.27. The number of phenolic OH excluding ortho intramolecular Hbond substituents is 1. The molecule has 1 saturated heterocycles. The second-order valence-electron chi connectivity index (χ2n) is 12.8. The van der Waals surface area contributed by atoms with Crippen LogP contribution in [0.5, 0.6) is 11.5 Å². The summed E-state index contributed by atoms with van der Waals surface area (Å²) in [5, 5.41) is 21.3. The third kappa shape index (κ3) is 6.29. The minimum absolute atomic E-state index is 0.00311. The summed E-state index contributed by atoms with van der Waals surface area (Å²) in [6.07, 6.45) is 5.77. The van der Waals surface area contributed by atoms with E-state index in [-0.39, 0.29) is 23.8 Å². The predicted molar refractivity (Wildman–Crippen MR) is 177 cm³/mol. The molecule has 0 radical (unpaired) electrons. The summed E-state index contributed by atoms with van der Waals surface area (Å²) >= 11 is 0. The number of hydrogen-bond donors (Lipinski definition) is 2. The van der Waals surface area contributed by atoms with E-state index in [9.17, 15) is 19.7 Å². The number of carbonyl (C=O) groups is 2. The molecule has 6 rings (SSSR count). The second-order valence-corrected chi connectivity index (χ2v) is 12.8. The Morgan fingerprint density at radius 3 is 2.31 bits per heavy atom. The number of hydrogen-bond acceptors (Lipinski definition) is 6. The van der Waals surface area contributed by atoms with Crippen LogP contribution in [0, 0.1) is 31.6 Å². The van der Waals surface area contributed by atoms with Gasteiger partial charge in [-0.2, -0.15) is 0 Å². The third-order valence-corrected chi connectivity index (χ3v) is 9.70. The molecule has 3 aromatic rings. The Kier molecular flexibility index (Phi) is 9.11. The zero-order valence-electron chi connectivity index (χ0n) is 26.3. The summed E-state index contributed by atoms with van der Waals surface area (Å²) in [4.78, 5) is 27.9. The number of para-hydroxylation sites is 1. The molecule has 2 aliphatic carbocycles. The number of allylic oxidation sites excluding steroid dienone is 1. The number of fused-ring (bicyclic) bond motifs is 4. The van der Waals surface area contributed by atoms with Crippen LogP contribution in [0.2, 0.25) is 6.32 Å². The van der Waals surface area contributed by atoms with Crippen molar-refractivity contribution in [1.29, 1.82) is 0 Å². The maximum absolute atomic E-state index is 14.0. The first-order chi connectivity index (χ1) is 21.7. The SMILES string of the molecule is CCC/C(=C\c1cc(C)c(O)c(C)c1)CC[C@H]1OB(O)C[C@H]2C1=C(COc1ccccc1)C[C@H]1C(=O)c3ccccc3C(=O)[C@H]12. The smallest absolute Gasteiger partial charge is 0.455 e. The standard InChI is InChI=1S/C38H41BO6/c1-4-10-25(19-26-17-23(2)36(40)24(3)18-26)15-16-33-34-27(22-44-28-11-6-5-7-12-28)20-31-35(32(34)21-39(43)45-33)38(42)30-14-9-8-13-29(30)37(31)41/h5-9,11-14,17-19,31-33,35,40,43H,4,10,15-16,20-22H2,1-3H3/b25-19+/t31-,32+,33-,35-/m1/s1. The monoisotopic (exact) mass is 604 g/mol. The zero-order valence-corrected chi connectivity index (χ0v) is 26.3. The summed E-state index contributed by atoms with van der Waals surface area (Å²) in [5.74, 6) is -0.282. The van der Waals surface area contributed by atoms with Gasteiger partial charge in [0.2, 0.25) is 0 Å². The summed E-state index contributed by atoms with van der Waals surface area (Å²) in [5.41, 5.74) is 6.99. The van der Waals surface area contributed by atoms with Crippen LogP contribution in [-0.4, -0.2) is 41.5 Å². The molecule has 0 unspecified atom stereocenters. The van der Waals surface area contributed by atoms with E-state index in [0.717, 1.165) is 52.8 Å². The summed E-state index contributed by atoms with van der Waals surface area (Å²) < 4.78 is 12.5. The number of ether oxygens (including phenoxy) is 1. The van der Waals surface area contributed by atoms with Crippen LogP contribution < -0.4 is 4.74 Å². The maximum atomic E-state index is 14.0. The Morgan fingerprint density at radius 2 is 1.62 bits per heavy atom. The molecule has 3 aliphatic rings. The van der Waals surface area contributed by atoms with Crippen molar-refractivity contribution in [2.24, 2.45) is 17.8 Å². The molecule has 0 spiro atoms. The van der Waals surface area contributed by atoms with Gasteiger partial charge in [0.15, 0.2) is 11.6 Å². The third-order valence-electron chi connectivity index (χ3n) is 9.70. The molecule has 4 atom stereocenters. The highest BCUT2D eigenvalue weighted by Crippen LogP contribution is 2.51. The number of carbonyl (C=O) groups excluding carboxylic acids is 2. The predicted octanol–water partition coefficient (Wildman–Crippen LogP) is 7.56. The van der Waals surface area contributed by atoms with E-state index in [1.165, 1.54) is 5.57 Å². The number of aromatic hydroxyl groups is 1. The van der Waals surface area contributed by atoms with E-state index in [4.69, 9.17) is 9.39 Å². The van der Waals surface area contributed by atoms with Gasteiger partial charge in [0.25, 0.3) is 0 Å². The fourth-order valence-electron chi connectivity index (χ4n) is 7.70. The van der Waals surface area contributed by atoms with Crippen molar-refractivity contribution in [1.82, 2.24) is 0 Å². The van der Waals surface area contributed by atoms with Gasteiger partial charge < -0.3 is 19.5 Å². The number of Topliss-reactive ketones (excluding diaryl/α,β-unsaturated/α-hetero) is 2. The molecule has 3 aromatic carbocycles. The van der Waals surface area contributed by atoms with Crippen LogP contribution in [0.3, 0.4) is 0 Å². The van der Waals surface area contributed by atoms with Crippen LogP contribution >= 0.6 is 0 Å². The van der Waals surface area contributed by atoms with Gasteiger partial charge in [0.05, 0.1) is 6.10 Å². The average molecular weight is 605 g/mol. The second kappa shape index (κ2) is 13.2. The van der Waals surface area contributed by atoms with Crippen molar-refractivity contribution in [3.63, 3.8) is 0 Å². The molecule has 2 N–H and O–H groups in total. The van der Waals surface area contributed by atoms with Gasteiger partial charge in [0, 0.05) is 23.0 Å². The highest BCUT2D eigenvalue weighted by Gasteiger charge is 2.53. The van der Waals surface area contributed by atoms with E-state index >= 15 is 0 Å². The first kappa shape index (κ1) is 31.1. The number of ketones is 2. The Bertz CT molecular complexity index is 1630. The Morgan fingerprint density at radius 1 is 0.956 bits per heavy atom. The van der Waals surface area contributed by atoms with Gasteiger partial charge in [-0.15, -0.1) is 0 Å². The van der Waals surface area contributed by atoms with E-state index in [1.54, 1.807) is 12.1 Å². The lowest BCUT2D eigenvalue weighted by Gasteiger charge is -2.47. The normalized spacial score (nSPS) is 23.0. The Hall–Kier alpha value is -3.94. The molecule has 7 heteroatoms.